The molecule has 0 aliphatic heterocycles. The standard InChI is InChI=1S/C6H4N4OS2/c1-12-6-7-2-3-4(8-6)10-13-5(3)9-11/h2H,1H3. The maximum Gasteiger partial charge on any atom is 0.191 e. The lowest BCUT2D eigenvalue weighted by Crippen LogP contribution is -1.84. The van der Waals surface area contributed by atoms with Crippen LogP contribution in [0.15, 0.2) is 16.5 Å². The Balaban J connectivity index is 2.67. The Kier molecular flexibility index (Phi) is 2.19. The van der Waals surface area contributed by atoms with E-state index in [0.29, 0.717) is 21.2 Å². The molecule has 0 radical (unpaired) electrons. The molecule has 5 nitrogen and oxygen atoms in total. The number of nitrogens with zero attached hydrogens (tertiary/aromatic N) is 4. The summed E-state index contributed by atoms with van der Waals surface area (Å²) in [5.74, 6) is 0. The summed E-state index contributed by atoms with van der Waals surface area (Å²) in [4.78, 5) is 18.4. The largest absolute Gasteiger partial charge is 0.230 e. The lowest BCUT2D eigenvalue weighted by Gasteiger charge is -1.91. The highest BCUT2D eigenvalue weighted by atomic mass is 32.2. The lowest BCUT2D eigenvalue weighted by atomic mass is 10.4. The van der Waals surface area contributed by atoms with Gasteiger partial charge in [-0.2, -0.15) is 4.37 Å². The van der Waals surface area contributed by atoms with Crippen molar-refractivity contribution in [3.8, 4) is 0 Å². The molecular weight excluding hydrogens is 208 g/mol. The Labute approximate surface area is 81.7 Å². The van der Waals surface area contributed by atoms with Crippen molar-refractivity contribution in [2.24, 2.45) is 5.18 Å². The predicted octanol–water partition coefficient (Wildman–Crippen LogP) is 2.21. The molecule has 0 aromatic carbocycles. The smallest absolute Gasteiger partial charge is 0.191 e. The van der Waals surface area contributed by atoms with E-state index in [1.807, 2.05) is 6.26 Å². The number of rotatable bonds is 2. The van der Waals surface area contributed by atoms with E-state index < -0.39 is 0 Å². The maximum absolute atomic E-state index is 10.3. The molecule has 0 atom stereocenters. The van der Waals surface area contributed by atoms with E-state index >= 15 is 0 Å². The minimum atomic E-state index is 0.336. The quantitative estimate of drug-likeness (QED) is 0.433. The van der Waals surface area contributed by atoms with Gasteiger partial charge in [-0.05, 0) is 23.0 Å². The number of fused-ring (bicyclic) bond motifs is 1. The van der Waals surface area contributed by atoms with E-state index in [0.717, 1.165) is 11.5 Å². The van der Waals surface area contributed by atoms with Gasteiger partial charge in [-0.1, -0.05) is 11.8 Å². The van der Waals surface area contributed by atoms with Crippen LogP contribution in [-0.2, 0) is 0 Å². The minimum absolute atomic E-state index is 0.336. The zero-order chi connectivity index (χ0) is 9.26. The van der Waals surface area contributed by atoms with Crippen LogP contribution in [0.2, 0.25) is 0 Å². The highest BCUT2D eigenvalue weighted by Crippen LogP contribution is 2.28. The zero-order valence-corrected chi connectivity index (χ0v) is 8.22. The molecule has 0 N–H and O–H groups in total. The average Bonchev–Trinajstić information content (AvgIpc) is 2.59. The van der Waals surface area contributed by atoms with Crippen molar-refractivity contribution in [2.75, 3.05) is 6.26 Å². The van der Waals surface area contributed by atoms with Crippen molar-refractivity contribution in [1.29, 1.82) is 0 Å². The molecule has 0 bridgehead atoms. The van der Waals surface area contributed by atoms with Gasteiger partial charge in [-0.25, -0.2) is 9.97 Å². The first-order chi connectivity index (χ1) is 6.35. The second kappa shape index (κ2) is 3.35. The Bertz CT molecular complexity index is 455. The van der Waals surface area contributed by atoms with Crippen molar-refractivity contribution in [3.63, 3.8) is 0 Å². The summed E-state index contributed by atoms with van der Waals surface area (Å²) >= 11 is 2.48. The van der Waals surface area contributed by atoms with Crippen molar-refractivity contribution in [2.45, 2.75) is 5.16 Å². The van der Waals surface area contributed by atoms with Crippen molar-refractivity contribution in [3.05, 3.63) is 11.1 Å². The van der Waals surface area contributed by atoms with Gasteiger partial charge in [0.15, 0.2) is 15.8 Å². The fourth-order valence-electron chi connectivity index (χ4n) is 0.877. The maximum atomic E-state index is 10.3. The second-order valence-corrected chi connectivity index (χ2v) is 3.70. The van der Waals surface area contributed by atoms with Gasteiger partial charge in [0.2, 0.25) is 0 Å². The summed E-state index contributed by atoms with van der Waals surface area (Å²) in [5.41, 5.74) is 0.541. The Morgan fingerprint density at radius 2 is 2.46 bits per heavy atom. The molecule has 0 saturated heterocycles. The predicted molar refractivity (Wildman–Crippen MR) is 52.4 cm³/mol. The van der Waals surface area contributed by atoms with Crippen LogP contribution in [-0.4, -0.2) is 20.6 Å². The molecule has 0 unspecified atom stereocenters. The normalized spacial score (nSPS) is 10.5. The fourth-order valence-corrected chi connectivity index (χ4v) is 1.80. The molecule has 0 fully saturated rings. The van der Waals surface area contributed by atoms with Gasteiger partial charge in [0.05, 0.1) is 5.39 Å². The van der Waals surface area contributed by atoms with Gasteiger partial charge in [0, 0.05) is 6.20 Å². The van der Waals surface area contributed by atoms with Gasteiger partial charge in [-0.3, -0.25) is 0 Å². The summed E-state index contributed by atoms with van der Waals surface area (Å²) in [5, 5.41) is 4.44. The zero-order valence-electron chi connectivity index (χ0n) is 6.59. The fraction of sp³-hybridized carbons (Fsp3) is 0.167. The minimum Gasteiger partial charge on any atom is -0.230 e. The molecule has 66 valence electrons. The van der Waals surface area contributed by atoms with Gasteiger partial charge < -0.3 is 0 Å². The average molecular weight is 212 g/mol. The van der Waals surface area contributed by atoms with Gasteiger partial charge in [-0.15, -0.1) is 4.91 Å². The summed E-state index contributed by atoms with van der Waals surface area (Å²) in [6.07, 6.45) is 3.46. The number of aromatic nitrogens is 3. The number of hydrogen-bond donors (Lipinski definition) is 0. The first-order valence-electron chi connectivity index (χ1n) is 3.35. The third-order valence-electron chi connectivity index (χ3n) is 1.46. The second-order valence-electron chi connectivity index (χ2n) is 2.17. The van der Waals surface area contributed by atoms with Crippen molar-refractivity contribution >= 4 is 39.3 Å². The topological polar surface area (TPSA) is 68.1 Å². The number of thioether (sulfide) groups is 1. The van der Waals surface area contributed by atoms with Crippen LogP contribution in [0.1, 0.15) is 0 Å². The summed E-state index contributed by atoms with van der Waals surface area (Å²) in [6.45, 7) is 0. The number of nitroso groups, excluding NO2 is 1. The lowest BCUT2D eigenvalue weighted by molar-refractivity contribution is 1.00. The van der Waals surface area contributed by atoms with Crippen molar-refractivity contribution < 1.29 is 0 Å². The van der Waals surface area contributed by atoms with Crippen LogP contribution in [0.3, 0.4) is 0 Å². The van der Waals surface area contributed by atoms with E-state index in [2.05, 4.69) is 19.5 Å². The summed E-state index contributed by atoms with van der Waals surface area (Å²) in [7, 11) is 0. The van der Waals surface area contributed by atoms with E-state index in [1.54, 1.807) is 6.20 Å². The third-order valence-corrected chi connectivity index (χ3v) is 2.75. The Hall–Kier alpha value is -1.08. The Morgan fingerprint density at radius 1 is 1.62 bits per heavy atom. The molecule has 0 aliphatic carbocycles. The monoisotopic (exact) mass is 212 g/mol. The molecule has 2 aromatic rings. The highest BCUT2D eigenvalue weighted by Gasteiger charge is 2.08. The van der Waals surface area contributed by atoms with E-state index in [4.69, 9.17) is 0 Å². The SMILES string of the molecule is CSc1ncc2c(N=O)snc2n1. The Morgan fingerprint density at radius 3 is 3.15 bits per heavy atom. The van der Waals surface area contributed by atoms with Gasteiger partial charge >= 0.3 is 0 Å². The molecule has 2 rings (SSSR count). The molecule has 0 saturated carbocycles. The van der Waals surface area contributed by atoms with Crippen LogP contribution in [0.5, 0.6) is 0 Å². The first kappa shape index (κ1) is 8.52. The van der Waals surface area contributed by atoms with Crippen LogP contribution in [0.25, 0.3) is 11.0 Å². The number of hydrogen-bond acceptors (Lipinski definition) is 7. The molecule has 0 amide bonds. The molecule has 2 aromatic heterocycles. The van der Waals surface area contributed by atoms with Crippen molar-refractivity contribution in [1.82, 2.24) is 14.3 Å². The molecule has 2 heterocycles. The molecule has 0 spiro atoms. The van der Waals surface area contributed by atoms with Crippen LogP contribution in [0.4, 0.5) is 5.00 Å². The van der Waals surface area contributed by atoms with Crippen LogP contribution < -0.4 is 0 Å². The van der Waals surface area contributed by atoms with E-state index in [-0.39, 0.29) is 0 Å². The van der Waals surface area contributed by atoms with Gasteiger partial charge in [0.1, 0.15) is 0 Å². The van der Waals surface area contributed by atoms with E-state index in [9.17, 15) is 4.91 Å². The molecule has 13 heavy (non-hydrogen) atoms. The summed E-state index contributed by atoms with van der Waals surface area (Å²) in [6, 6.07) is 0. The third kappa shape index (κ3) is 1.40. The van der Waals surface area contributed by atoms with Crippen LogP contribution >= 0.6 is 23.3 Å². The molecule has 0 aliphatic rings. The van der Waals surface area contributed by atoms with Gasteiger partial charge in [0.25, 0.3) is 0 Å². The van der Waals surface area contributed by atoms with Crippen LogP contribution in [0, 0.1) is 4.91 Å². The highest BCUT2D eigenvalue weighted by molar-refractivity contribution is 7.98. The van der Waals surface area contributed by atoms with E-state index in [1.165, 1.54) is 11.8 Å². The molecule has 7 heteroatoms. The first-order valence-corrected chi connectivity index (χ1v) is 5.34. The summed E-state index contributed by atoms with van der Waals surface area (Å²) < 4.78 is 3.98. The molecular formula is C6H4N4OS2.